The minimum Gasteiger partial charge on any atom is -0.497 e. The highest BCUT2D eigenvalue weighted by atomic mass is 16.8. The number of fused-ring (bicyclic) bond motifs is 3. The summed E-state index contributed by atoms with van der Waals surface area (Å²) in [5.74, 6) is -1.06. The van der Waals surface area contributed by atoms with Crippen molar-refractivity contribution in [1.82, 2.24) is 0 Å². The fourth-order valence-electron chi connectivity index (χ4n) is 5.72. The number of hydrogen-bond donors (Lipinski definition) is 0. The van der Waals surface area contributed by atoms with E-state index in [1.807, 2.05) is 44.2 Å². The summed E-state index contributed by atoms with van der Waals surface area (Å²) in [5, 5.41) is 0. The predicted octanol–water partition coefficient (Wildman–Crippen LogP) is 5.72. The standard InChI is InChI=1S/C33H38O9/c1-33(2)41-27-15-9-13-23-18-24(37-4)19-28(38-20-36-3)29(23)32(35)39-25-14-8-12-21(25)16-17-26(30(27)42-33)40-31(34)22-10-6-5-7-11-22/h5-7,9-11,13,16-19,21,25-27,30H,8,12,14-15,20H2,1-4H3/b13-9+,17-16-/t21-,25+,26?,27-,30+/m0/s1. The van der Waals surface area contributed by atoms with Gasteiger partial charge in [-0.3, -0.25) is 0 Å². The summed E-state index contributed by atoms with van der Waals surface area (Å²) in [6.07, 6.45) is 8.35. The molecular formula is C33H38O9. The Labute approximate surface area is 246 Å². The fourth-order valence-corrected chi connectivity index (χ4v) is 5.72. The average Bonchev–Trinajstić information content (AvgIpc) is 3.55. The third-order valence-corrected chi connectivity index (χ3v) is 7.65. The quantitative estimate of drug-likeness (QED) is 0.242. The van der Waals surface area contributed by atoms with E-state index in [4.69, 9.17) is 33.2 Å². The number of esters is 2. The number of carbonyl (C=O) groups is 2. The first-order valence-corrected chi connectivity index (χ1v) is 14.3. The molecule has 0 radical (unpaired) electrons. The predicted molar refractivity (Wildman–Crippen MR) is 154 cm³/mol. The maximum Gasteiger partial charge on any atom is 0.342 e. The molecule has 224 valence electrons. The molecule has 2 aromatic rings. The maximum absolute atomic E-state index is 13.7. The van der Waals surface area contributed by atoms with Gasteiger partial charge in [-0.25, -0.2) is 9.59 Å². The van der Waals surface area contributed by atoms with Crippen molar-refractivity contribution in [1.29, 1.82) is 0 Å². The summed E-state index contributed by atoms with van der Waals surface area (Å²) in [4.78, 5) is 26.8. The number of carbonyl (C=O) groups excluding carboxylic acids is 2. The molecule has 0 spiro atoms. The first-order valence-electron chi connectivity index (χ1n) is 14.3. The molecule has 1 saturated heterocycles. The Balaban J connectivity index is 1.54. The third kappa shape index (κ3) is 6.86. The summed E-state index contributed by atoms with van der Waals surface area (Å²) < 4.78 is 41.2. The summed E-state index contributed by atoms with van der Waals surface area (Å²) in [5.41, 5.74) is 1.32. The molecule has 1 unspecified atom stereocenters. The first-order chi connectivity index (χ1) is 20.3. The highest BCUT2D eigenvalue weighted by Gasteiger charge is 2.46. The zero-order valence-electron chi connectivity index (χ0n) is 24.4. The van der Waals surface area contributed by atoms with Gasteiger partial charge < -0.3 is 33.2 Å². The Bertz CT molecular complexity index is 1320. The number of rotatable bonds is 6. The van der Waals surface area contributed by atoms with Crippen LogP contribution in [0.15, 0.2) is 60.7 Å². The van der Waals surface area contributed by atoms with E-state index in [1.165, 1.54) is 7.11 Å². The summed E-state index contributed by atoms with van der Waals surface area (Å²) in [7, 11) is 3.06. The molecular weight excluding hydrogens is 540 g/mol. The van der Waals surface area contributed by atoms with Gasteiger partial charge in [0, 0.05) is 19.1 Å². The van der Waals surface area contributed by atoms with Gasteiger partial charge in [0.25, 0.3) is 0 Å². The lowest BCUT2D eigenvalue weighted by Gasteiger charge is -2.25. The molecule has 5 atom stereocenters. The van der Waals surface area contributed by atoms with Gasteiger partial charge in [-0.1, -0.05) is 36.4 Å². The second-order valence-electron chi connectivity index (χ2n) is 11.1. The van der Waals surface area contributed by atoms with Crippen molar-refractivity contribution in [3.8, 4) is 11.5 Å². The molecule has 2 heterocycles. The SMILES string of the molecule is COCOc1cc(OC)cc2c1C(=O)O[C@@H]1CCC[C@H]1/C=C\C(OC(=O)c1ccccc1)[C@H]1OC(C)(C)O[C@H]1C/C=C/2. The lowest BCUT2D eigenvalue weighted by atomic mass is 9.98. The second kappa shape index (κ2) is 13.1. The lowest BCUT2D eigenvalue weighted by Crippen LogP contribution is -2.37. The van der Waals surface area contributed by atoms with Gasteiger partial charge in [-0.2, -0.15) is 0 Å². The van der Waals surface area contributed by atoms with Crippen molar-refractivity contribution < 1.29 is 42.7 Å². The van der Waals surface area contributed by atoms with Gasteiger partial charge in [-0.05, 0) is 69.4 Å². The number of ether oxygens (including phenoxy) is 7. The second-order valence-corrected chi connectivity index (χ2v) is 11.1. The Morgan fingerprint density at radius 2 is 1.83 bits per heavy atom. The van der Waals surface area contributed by atoms with Crippen LogP contribution in [-0.2, 0) is 23.7 Å². The largest absolute Gasteiger partial charge is 0.497 e. The van der Waals surface area contributed by atoms with Crippen LogP contribution in [-0.4, -0.2) is 63.2 Å². The fraction of sp³-hybridized carbons (Fsp3) is 0.455. The van der Waals surface area contributed by atoms with E-state index < -0.39 is 36.0 Å². The van der Waals surface area contributed by atoms with E-state index in [2.05, 4.69) is 0 Å². The molecule has 3 aliphatic rings. The molecule has 0 aromatic heterocycles. The highest BCUT2D eigenvalue weighted by Crippen LogP contribution is 2.37. The Morgan fingerprint density at radius 3 is 2.60 bits per heavy atom. The van der Waals surface area contributed by atoms with E-state index >= 15 is 0 Å². The minimum atomic E-state index is -0.889. The van der Waals surface area contributed by atoms with Gasteiger partial charge in [-0.15, -0.1) is 0 Å². The van der Waals surface area contributed by atoms with Gasteiger partial charge in [0.05, 0.1) is 18.8 Å². The number of hydrogen-bond acceptors (Lipinski definition) is 9. The third-order valence-electron chi connectivity index (χ3n) is 7.65. The molecule has 9 heteroatoms. The lowest BCUT2D eigenvalue weighted by molar-refractivity contribution is -0.152. The van der Waals surface area contributed by atoms with Crippen molar-refractivity contribution >= 4 is 18.0 Å². The molecule has 1 saturated carbocycles. The monoisotopic (exact) mass is 578 g/mol. The Hall–Kier alpha value is -3.66. The van der Waals surface area contributed by atoms with Gasteiger partial charge >= 0.3 is 11.9 Å². The summed E-state index contributed by atoms with van der Waals surface area (Å²) in [6.45, 7) is 3.64. The summed E-state index contributed by atoms with van der Waals surface area (Å²) in [6, 6.07) is 12.3. The van der Waals surface area contributed by atoms with Crippen LogP contribution in [0.5, 0.6) is 11.5 Å². The average molecular weight is 579 g/mol. The van der Waals surface area contributed by atoms with Crippen molar-refractivity contribution in [3.63, 3.8) is 0 Å². The van der Waals surface area contributed by atoms with Crippen LogP contribution in [0.1, 0.15) is 65.8 Å². The number of methoxy groups -OCH3 is 2. The van der Waals surface area contributed by atoms with E-state index in [0.717, 1.165) is 12.8 Å². The smallest absolute Gasteiger partial charge is 0.342 e. The molecule has 2 aliphatic heterocycles. The molecule has 1 aliphatic carbocycles. The van der Waals surface area contributed by atoms with E-state index in [9.17, 15) is 9.59 Å². The van der Waals surface area contributed by atoms with Crippen LogP contribution in [0.25, 0.3) is 6.08 Å². The minimum absolute atomic E-state index is 0.0432. The van der Waals surface area contributed by atoms with Crippen molar-refractivity contribution in [2.45, 2.75) is 69.7 Å². The Kier molecular flexibility index (Phi) is 9.30. The Morgan fingerprint density at radius 1 is 1.02 bits per heavy atom. The molecule has 0 amide bonds. The highest BCUT2D eigenvalue weighted by molar-refractivity contribution is 5.97. The van der Waals surface area contributed by atoms with Gasteiger partial charge in [0.1, 0.15) is 35.4 Å². The molecule has 2 aromatic carbocycles. The molecule has 9 nitrogen and oxygen atoms in total. The molecule has 2 fully saturated rings. The van der Waals surface area contributed by atoms with Gasteiger partial charge in [0.2, 0.25) is 0 Å². The zero-order valence-corrected chi connectivity index (χ0v) is 24.4. The van der Waals surface area contributed by atoms with Gasteiger partial charge in [0.15, 0.2) is 12.6 Å². The van der Waals surface area contributed by atoms with Crippen molar-refractivity contribution in [3.05, 3.63) is 77.4 Å². The number of benzene rings is 2. The topological polar surface area (TPSA) is 98.8 Å². The maximum atomic E-state index is 13.7. The van der Waals surface area contributed by atoms with E-state index in [-0.39, 0.29) is 18.8 Å². The van der Waals surface area contributed by atoms with Crippen LogP contribution in [0.4, 0.5) is 0 Å². The van der Waals surface area contributed by atoms with E-state index in [1.54, 1.807) is 43.5 Å². The molecule has 0 bridgehead atoms. The van der Waals surface area contributed by atoms with Crippen LogP contribution >= 0.6 is 0 Å². The molecule has 5 rings (SSSR count). The normalized spacial score (nSPS) is 28.3. The molecule has 42 heavy (non-hydrogen) atoms. The van der Waals surface area contributed by atoms with E-state index in [0.29, 0.717) is 41.0 Å². The summed E-state index contributed by atoms with van der Waals surface area (Å²) >= 11 is 0. The van der Waals surface area contributed by atoms with Crippen LogP contribution < -0.4 is 9.47 Å². The van der Waals surface area contributed by atoms with Crippen LogP contribution in [0, 0.1) is 5.92 Å². The van der Waals surface area contributed by atoms with Crippen LogP contribution in [0.2, 0.25) is 0 Å². The van der Waals surface area contributed by atoms with Crippen molar-refractivity contribution in [2.24, 2.45) is 5.92 Å². The molecule has 0 N–H and O–H groups in total. The zero-order chi connectivity index (χ0) is 29.7. The first kappa shape index (κ1) is 29.8. The van der Waals surface area contributed by atoms with Crippen molar-refractivity contribution in [2.75, 3.05) is 21.0 Å². The van der Waals surface area contributed by atoms with Crippen LogP contribution in [0.3, 0.4) is 0 Å².